The Morgan fingerprint density at radius 3 is 2.57 bits per heavy atom. The van der Waals surface area contributed by atoms with Gasteiger partial charge in [-0.3, -0.25) is 4.79 Å². The summed E-state index contributed by atoms with van der Waals surface area (Å²) in [6.07, 6.45) is 1.61. The van der Waals surface area contributed by atoms with Crippen LogP contribution < -0.4 is 10.1 Å². The summed E-state index contributed by atoms with van der Waals surface area (Å²) in [6.45, 7) is 1.12. The molecule has 0 aliphatic carbocycles. The molecule has 0 aliphatic heterocycles. The number of ether oxygens (including phenoxy) is 2. The molecule has 0 radical (unpaired) electrons. The average molecular weight is 336 g/mol. The van der Waals surface area contributed by atoms with Crippen LogP contribution in [0.15, 0.2) is 23.1 Å². The molecule has 8 heteroatoms. The topological polar surface area (TPSA) is 81.7 Å². The molecule has 0 saturated carbocycles. The summed E-state index contributed by atoms with van der Waals surface area (Å²) in [5, 5.41) is 2.70. The number of unbranched alkanes of at least 4 members (excludes halogenated alkanes) is 1. The summed E-state index contributed by atoms with van der Waals surface area (Å²) in [5.74, 6) is -0.265. The minimum Gasteiger partial charge on any atom is -0.495 e. The number of hydrogen-bond acceptors (Lipinski definition) is 5. The van der Waals surface area contributed by atoms with Gasteiger partial charge in [-0.25, -0.2) is 8.42 Å². The molecule has 0 aromatic heterocycles. The molecule has 1 aromatic rings. The molecular formula is C13H18ClNO5S. The van der Waals surface area contributed by atoms with Gasteiger partial charge < -0.3 is 14.8 Å². The van der Waals surface area contributed by atoms with Crippen molar-refractivity contribution in [2.75, 3.05) is 27.4 Å². The van der Waals surface area contributed by atoms with E-state index in [-0.39, 0.29) is 22.1 Å². The molecule has 0 bridgehead atoms. The van der Waals surface area contributed by atoms with Crippen LogP contribution in [0.3, 0.4) is 0 Å². The van der Waals surface area contributed by atoms with Crippen molar-refractivity contribution < 1.29 is 22.7 Å². The number of nitrogens with one attached hydrogen (secondary N) is 1. The first-order chi connectivity index (χ1) is 9.90. The first-order valence-corrected chi connectivity index (χ1v) is 8.61. The summed E-state index contributed by atoms with van der Waals surface area (Å²) in [7, 11) is 4.29. The molecule has 6 nitrogen and oxygen atoms in total. The van der Waals surface area contributed by atoms with Gasteiger partial charge in [0.15, 0.2) is 0 Å². The number of hydrogen-bond donors (Lipinski definition) is 1. The number of benzene rings is 1. The Morgan fingerprint density at radius 1 is 1.29 bits per heavy atom. The van der Waals surface area contributed by atoms with Crippen molar-refractivity contribution in [3.05, 3.63) is 23.8 Å². The third kappa shape index (κ3) is 5.53. The van der Waals surface area contributed by atoms with E-state index in [9.17, 15) is 13.2 Å². The van der Waals surface area contributed by atoms with E-state index in [1.165, 1.54) is 25.3 Å². The van der Waals surface area contributed by atoms with Crippen molar-refractivity contribution >= 4 is 25.6 Å². The lowest BCUT2D eigenvalue weighted by Crippen LogP contribution is -2.24. The predicted molar refractivity (Wildman–Crippen MR) is 79.5 cm³/mol. The van der Waals surface area contributed by atoms with E-state index in [2.05, 4.69) is 5.32 Å². The summed E-state index contributed by atoms with van der Waals surface area (Å²) in [4.78, 5) is 11.7. The van der Waals surface area contributed by atoms with Crippen molar-refractivity contribution in [2.24, 2.45) is 0 Å². The lowest BCUT2D eigenvalue weighted by molar-refractivity contribution is 0.0951. The Morgan fingerprint density at radius 2 is 2.00 bits per heavy atom. The normalized spacial score (nSPS) is 11.2. The molecule has 1 aromatic carbocycles. The quantitative estimate of drug-likeness (QED) is 0.578. The highest BCUT2D eigenvalue weighted by Crippen LogP contribution is 2.27. The van der Waals surface area contributed by atoms with E-state index >= 15 is 0 Å². The third-order valence-corrected chi connectivity index (χ3v) is 4.09. The molecule has 0 heterocycles. The SMILES string of the molecule is COCCCCNC(=O)c1ccc(OC)c(S(=O)(=O)Cl)c1. The highest BCUT2D eigenvalue weighted by atomic mass is 35.7. The summed E-state index contributed by atoms with van der Waals surface area (Å²) >= 11 is 0. The second kappa shape index (κ2) is 8.21. The van der Waals surface area contributed by atoms with Crippen LogP contribution in [-0.4, -0.2) is 41.7 Å². The van der Waals surface area contributed by atoms with Crippen molar-refractivity contribution in [2.45, 2.75) is 17.7 Å². The van der Waals surface area contributed by atoms with Crippen molar-refractivity contribution in [1.82, 2.24) is 5.32 Å². The van der Waals surface area contributed by atoms with Gasteiger partial charge in [-0.2, -0.15) is 0 Å². The van der Waals surface area contributed by atoms with E-state index in [1.54, 1.807) is 7.11 Å². The largest absolute Gasteiger partial charge is 0.495 e. The predicted octanol–water partition coefficient (Wildman–Crippen LogP) is 1.78. The summed E-state index contributed by atoms with van der Waals surface area (Å²) in [5.41, 5.74) is 0.210. The van der Waals surface area contributed by atoms with Crippen molar-refractivity contribution in [3.8, 4) is 5.75 Å². The molecule has 0 unspecified atom stereocenters. The second-order valence-corrected chi connectivity index (χ2v) is 6.79. The standard InChI is InChI=1S/C13H18ClNO5S/c1-19-8-4-3-7-15-13(16)10-5-6-11(20-2)12(9-10)21(14,17)18/h5-6,9H,3-4,7-8H2,1-2H3,(H,15,16). The molecule has 21 heavy (non-hydrogen) atoms. The van der Waals surface area contributed by atoms with Gasteiger partial charge in [-0.05, 0) is 31.0 Å². The molecule has 0 fully saturated rings. The Hall–Kier alpha value is -1.31. The van der Waals surface area contributed by atoms with Crippen molar-refractivity contribution in [3.63, 3.8) is 0 Å². The van der Waals surface area contributed by atoms with E-state index in [0.29, 0.717) is 13.2 Å². The maximum atomic E-state index is 11.9. The average Bonchev–Trinajstić information content (AvgIpc) is 2.45. The highest BCUT2D eigenvalue weighted by molar-refractivity contribution is 8.13. The zero-order chi connectivity index (χ0) is 15.9. The van der Waals surface area contributed by atoms with Crippen LogP contribution in [0.2, 0.25) is 0 Å². The number of rotatable bonds is 8. The van der Waals surface area contributed by atoms with E-state index in [4.69, 9.17) is 20.2 Å². The van der Waals surface area contributed by atoms with Crippen LogP contribution in [0.5, 0.6) is 5.75 Å². The number of methoxy groups -OCH3 is 2. The molecule has 0 spiro atoms. The molecule has 0 atom stereocenters. The summed E-state index contributed by atoms with van der Waals surface area (Å²) < 4.78 is 32.7. The number of halogens is 1. The first-order valence-electron chi connectivity index (χ1n) is 6.30. The summed E-state index contributed by atoms with van der Waals surface area (Å²) in [6, 6.07) is 4.08. The molecule has 1 rings (SSSR count). The van der Waals surface area contributed by atoms with E-state index < -0.39 is 9.05 Å². The molecular weight excluding hydrogens is 318 g/mol. The minimum atomic E-state index is -3.98. The van der Waals surface area contributed by atoms with Crippen molar-refractivity contribution in [1.29, 1.82) is 0 Å². The number of carbonyl (C=O) groups excluding carboxylic acids is 1. The van der Waals surface area contributed by atoms with Gasteiger partial charge in [0, 0.05) is 36.5 Å². The van der Waals surface area contributed by atoms with Gasteiger partial charge in [-0.15, -0.1) is 0 Å². The Bertz CT molecular complexity index is 588. The lowest BCUT2D eigenvalue weighted by Gasteiger charge is -2.09. The minimum absolute atomic E-state index is 0.0987. The van der Waals surface area contributed by atoms with Crippen LogP contribution >= 0.6 is 10.7 Å². The van der Waals surface area contributed by atoms with Gasteiger partial charge in [0.1, 0.15) is 10.6 Å². The second-order valence-electron chi connectivity index (χ2n) is 4.26. The number of amides is 1. The van der Waals surface area contributed by atoms with E-state index in [0.717, 1.165) is 12.8 Å². The Labute approximate surface area is 128 Å². The number of carbonyl (C=O) groups is 1. The molecule has 0 saturated heterocycles. The lowest BCUT2D eigenvalue weighted by atomic mass is 10.2. The fourth-order valence-electron chi connectivity index (χ4n) is 1.68. The maximum absolute atomic E-state index is 11.9. The monoisotopic (exact) mass is 335 g/mol. The molecule has 1 N–H and O–H groups in total. The maximum Gasteiger partial charge on any atom is 0.265 e. The molecule has 1 amide bonds. The molecule has 118 valence electrons. The molecule has 0 aliphatic rings. The van der Waals surface area contributed by atoms with Crippen LogP contribution in [0, 0.1) is 0 Å². The Balaban J connectivity index is 2.77. The van der Waals surface area contributed by atoms with Gasteiger partial charge in [0.05, 0.1) is 7.11 Å². The van der Waals surface area contributed by atoms with E-state index in [1.807, 2.05) is 0 Å². The van der Waals surface area contributed by atoms with Gasteiger partial charge in [0.25, 0.3) is 15.0 Å². The van der Waals surface area contributed by atoms with Crippen LogP contribution in [0.1, 0.15) is 23.2 Å². The zero-order valence-electron chi connectivity index (χ0n) is 11.9. The zero-order valence-corrected chi connectivity index (χ0v) is 13.5. The van der Waals surface area contributed by atoms with Gasteiger partial charge in [0.2, 0.25) is 0 Å². The van der Waals surface area contributed by atoms with Crippen LogP contribution in [0.25, 0.3) is 0 Å². The highest BCUT2D eigenvalue weighted by Gasteiger charge is 2.19. The van der Waals surface area contributed by atoms with Crippen LogP contribution in [0.4, 0.5) is 0 Å². The Kier molecular flexibility index (Phi) is 6.94. The first kappa shape index (κ1) is 17.7. The third-order valence-electron chi connectivity index (χ3n) is 2.75. The van der Waals surface area contributed by atoms with Gasteiger partial charge in [-0.1, -0.05) is 0 Å². The van der Waals surface area contributed by atoms with Crippen LogP contribution in [-0.2, 0) is 13.8 Å². The smallest absolute Gasteiger partial charge is 0.265 e. The fraction of sp³-hybridized carbons (Fsp3) is 0.462. The fourth-order valence-corrected chi connectivity index (χ4v) is 2.71. The van der Waals surface area contributed by atoms with Gasteiger partial charge >= 0.3 is 0 Å².